The van der Waals surface area contributed by atoms with E-state index in [1.54, 1.807) is 19.4 Å². The van der Waals surface area contributed by atoms with E-state index in [0.29, 0.717) is 28.9 Å². The van der Waals surface area contributed by atoms with E-state index >= 15 is 0 Å². The lowest BCUT2D eigenvalue weighted by Gasteiger charge is -2.11. The fourth-order valence-corrected chi connectivity index (χ4v) is 2.70. The van der Waals surface area contributed by atoms with E-state index in [2.05, 4.69) is 30.2 Å². The van der Waals surface area contributed by atoms with Gasteiger partial charge in [0.2, 0.25) is 5.88 Å². The lowest BCUT2D eigenvalue weighted by Crippen LogP contribution is -2.02. The van der Waals surface area contributed by atoms with Gasteiger partial charge >= 0.3 is 0 Å². The Labute approximate surface area is 154 Å². The minimum Gasteiger partial charge on any atom is -0.481 e. The molecule has 0 radical (unpaired) electrons. The highest BCUT2D eigenvalue weighted by atomic mass is 35.5. The predicted octanol–water partition coefficient (Wildman–Crippen LogP) is 3.76. The van der Waals surface area contributed by atoms with E-state index < -0.39 is 0 Å². The molecular formula is C16H15ClN6OS. The monoisotopic (exact) mass is 374 g/mol. The van der Waals surface area contributed by atoms with Gasteiger partial charge in [0, 0.05) is 6.07 Å². The van der Waals surface area contributed by atoms with Crippen molar-refractivity contribution in [1.29, 1.82) is 0 Å². The molecule has 1 N–H and O–H groups in total. The topological polar surface area (TPSA) is 85.7 Å². The van der Waals surface area contributed by atoms with Crippen LogP contribution in [0, 0.1) is 6.92 Å². The molecule has 3 aromatic rings. The number of nitrogens with one attached hydrogen (secondary N) is 1. The molecule has 9 heteroatoms. The molecule has 3 heterocycles. The molecular weight excluding hydrogens is 360 g/mol. The SMILES string of the molecule is COc1ccc(Nc2ncc(Cl)nc2-c2cc(SC)nc(C)n2)cn1. The molecule has 0 aromatic carbocycles. The van der Waals surface area contributed by atoms with Crippen LogP contribution in [0.15, 0.2) is 35.6 Å². The normalized spacial score (nSPS) is 10.6. The third kappa shape index (κ3) is 4.15. The van der Waals surface area contributed by atoms with Crippen LogP contribution in [0.4, 0.5) is 11.5 Å². The molecule has 3 aromatic heterocycles. The summed E-state index contributed by atoms with van der Waals surface area (Å²) in [5.41, 5.74) is 1.94. The van der Waals surface area contributed by atoms with Crippen molar-refractivity contribution in [2.75, 3.05) is 18.7 Å². The third-order valence-electron chi connectivity index (χ3n) is 3.22. The smallest absolute Gasteiger partial charge is 0.213 e. The zero-order valence-electron chi connectivity index (χ0n) is 13.8. The average molecular weight is 375 g/mol. The molecule has 7 nitrogen and oxygen atoms in total. The van der Waals surface area contributed by atoms with Crippen LogP contribution in [0.3, 0.4) is 0 Å². The van der Waals surface area contributed by atoms with Gasteiger partial charge in [-0.1, -0.05) is 11.6 Å². The van der Waals surface area contributed by atoms with Crippen LogP contribution in [0.2, 0.25) is 5.15 Å². The Morgan fingerprint density at radius 1 is 1.12 bits per heavy atom. The third-order valence-corrected chi connectivity index (χ3v) is 4.03. The van der Waals surface area contributed by atoms with Crippen molar-refractivity contribution in [2.24, 2.45) is 0 Å². The number of nitrogens with zero attached hydrogens (tertiary/aromatic N) is 5. The van der Waals surface area contributed by atoms with Gasteiger partial charge in [-0.25, -0.2) is 24.9 Å². The summed E-state index contributed by atoms with van der Waals surface area (Å²) in [6.07, 6.45) is 5.09. The van der Waals surface area contributed by atoms with Crippen LogP contribution in [-0.2, 0) is 0 Å². The van der Waals surface area contributed by atoms with Gasteiger partial charge in [-0.05, 0) is 25.3 Å². The van der Waals surface area contributed by atoms with Crippen LogP contribution in [-0.4, -0.2) is 38.3 Å². The number of rotatable bonds is 5. The molecule has 0 aliphatic rings. The Morgan fingerprint density at radius 3 is 2.64 bits per heavy atom. The van der Waals surface area contributed by atoms with Gasteiger partial charge in [0.05, 0.1) is 30.9 Å². The largest absolute Gasteiger partial charge is 0.481 e. The summed E-state index contributed by atoms with van der Waals surface area (Å²) in [5.74, 6) is 1.71. The summed E-state index contributed by atoms with van der Waals surface area (Å²) in [6.45, 7) is 1.84. The molecule has 0 bridgehead atoms. The number of ether oxygens (including phenoxy) is 1. The van der Waals surface area contributed by atoms with E-state index in [0.717, 1.165) is 10.7 Å². The van der Waals surface area contributed by atoms with Gasteiger partial charge in [0.15, 0.2) is 5.82 Å². The molecule has 0 saturated heterocycles. The zero-order valence-corrected chi connectivity index (χ0v) is 15.4. The Hall–Kier alpha value is -2.45. The minimum atomic E-state index is 0.287. The second kappa shape index (κ2) is 7.62. The first-order valence-electron chi connectivity index (χ1n) is 7.28. The average Bonchev–Trinajstić information content (AvgIpc) is 2.63. The van der Waals surface area contributed by atoms with Crippen molar-refractivity contribution in [2.45, 2.75) is 11.9 Å². The fourth-order valence-electron chi connectivity index (χ4n) is 2.12. The molecule has 3 rings (SSSR count). The van der Waals surface area contributed by atoms with Crippen LogP contribution in [0.1, 0.15) is 5.82 Å². The number of hydrogen-bond acceptors (Lipinski definition) is 8. The summed E-state index contributed by atoms with van der Waals surface area (Å²) in [4.78, 5) is 21.7. The van der Waals surface area contributed by atoms with E-state index in [9.17, 15) is 0 Å². The molecule has 0 aliphatic heterocycles. The summed E-state index contributed by atoms with van der Waals surface area (Å²) in [5, 5.41) is 4.32. The van der Waals surface area contributed by atoms with Gasteiger partial charge in [-0.2, -0.15) is 0 Å². The van der Waals surface area contributed by atoms with Crippen molar-refractivity contribution in [1.82, 2.24) is 24.9 Å². The maximum Gasteiger partial charge on any atom is 0.213 e. The lowest BCUT2D eigenvalue weighted by molar-refractivity contribution is 0.398. The van der Waals surface area contributed by atoms with Crippen LogP contribution in [0.5, 0.6) is 5.88 Å². The second-order valence-corrected chi connectivity index (χ2v) is 6.16. The van der Waals surface area contributed by atoms with Crippen LogP contribution >= 0.6 is 23.4 Å². The number of aromatic nitrogens is 5. The minimum absolute atomic E-state index is 0.287. The van der Waals surface area contributed by atoms with E-state index in [1.807, 2.05) is 25.3 Å². The number of pyridine rings is 1. The molecule has 0 amide bonds. The lowest BCUT2D eigenvalue weighted by atomic mass is 10.2. The first-order valence-corrected chi connectivity index (χ1v) is 8.89. The Kier molecular flexibility index (Phi) is 5.30. The van der Waals surface area contributed by atoms with Gasteiger partial charge in [0.1, 0.15) is 21.7 Å². The van der Waals surface area contributed by atoms with Gasteiger partial charge in [-0.15, -0.1) is 11.8 Å². The van der Waals surface area contributed by atoms with Crippen molar-refractivity contribution in [3.63, 3.8) is 0 Å². The van der Waals surface area contributed by atoms with Crippen molar-refractivity contribution < 1.29 is 4.74 Å². The van der Waals surface area contributed by atoms with E-state index in [4.69, 9.17) is 16.3 Å². The maximum atomic E-state index is 6.04. The fraction of sp³-hybridized carbons (Fsp3) is 0.188. The summed E-state index contributed by atoms with van der Waals surface area (Å²) >= 11 is 7.58. The van der Waals surface area contributed by atoms with E-state index in [1.165, 1.54) is 18.0 Å². The molecule has 0 atom stereocenters. The summed E-state index contributed by atoms with van der Waals surface area (Å²) in [6, 6.07) is 5.45. The predicted molar refractivity (Wildman–Crippen MR) is 98.7 cm³/mol. The number of hydrogen-bond donors (Lipinski definition) is 1. The first kappa shape index (κ1) is 17.4. The molecule has 0 saturated carbocycles. The number of methoxy groups -OCH3 is 1. The van der Waals surface area contributed by atoms with Gasteiger partial charge in [-0.3, -0.25) is 0 Å². The van der Waals surface area contributed by atoms with Gasteiger partial charge < -0.3 is 10.1 Å². The first-order chi connectivity index (χ1) is 12.1. The molecule has 0 spiro atoms. The Morgan fingerprint density at radius 2 is 1.96 bits per heavy atom. The van der Waals surface area contributed by atoms with Crippen molar-refractivity contribution in [3.8, 4) is 17.3 Å². The van der Waals surface area contributed by atoms with Gasteiger partial charge in [0.25, 0.3) is 0 Å². The van der Waals surface area contributed by atoms with E-state index in [-0.39, 0.29) is 5.15 Å². The molecule has 0 unspecified atom stereocenters. The summed E-state index contributed by atoms with van der Waals surface area (Å²) < 4.78 is 5.06. The highest BCUT2D eigenvalue weighted by Crippen LogP contribution is 2.28. The quantitative estimate of drug-likeness (QED) is 0.533. The summed E-state index contributed by atoms with van der Waals surface area (Å²) in [7, 11) is 1.57. The highest BCUT2D eigenvalue weighted by Gasteiger charge is 2.14. The molecule has 0 fully saturated rings. The zero-order chi connectivity index (χ0) is 17.8. The van der Waals surface area contributed by atoms with Crippen molar-refractivity contribution >= 4 is 34.9 Å². The molecule has 25 heavy (non-hydrogen) atoms. The number of anilines is 2. The Balaban J connectivity index is 2.02. The molecule has 128 valence electrons. The highest BCUT2D eigenvalue weighted by molar-refractivity contribution is 7.98. The van der Waals surface area contributed by atoms with Crippen LogP contribution in [0.25, 0.3) is 11.4 Å². The second-order valence-electron chi connectivity index (χ2n) is 4.95. The number of halogens is 1. The number of aryl methyl sites for hydroxylation is 1. The number of thioether (sulfide) groups is 1. The Bertz CT molecular complexity index is 890. The maximum absolute atomic E-state index is 6.04. The molecule has 0 aliphatic carbocycles. The van der Waals surface area contributed by atoms with Crippen LogP contribution < -0.4 is 10.1 Å². The standard InChI is InChI=1S/C16H15ClN6OS/c1-9-20-11(6-14(21-9)25-3)15-16(19-8-12(17)23-15)22-10-4-5-13(24-2)18-7-10/h4-8H,1-3H3,(H,19,22). The van der Waals surface area contributed by atoms with Crippen molar-refractivity contribution in [3.05, 3.63) is 41.6 Å².